The SMILES string of the molecule is O=C(Nc1c(F)cccc1C(=O)O)c1cccc(I)c1. The fourth-order valence-corrected chi connectivity index (χ4v) is 2.19. The first-order valence-corrected chi connectivity index (χ1v) is 6.65. The number of carboxylic acid groups (broad SMARTS) is 1. The van der Waals surface area contributed by atoms with Crippen LogP contribution in [-0.4, -0.2) is 17.0 Å². The average molecular weight is 385 g/mol. The van der Waals surface area contributed by atoms with Gasteiger partial charge in [0.25, 0.3) is 5.91 Å². The molecule has 0 aromatic heterocycles. The van der Waals surface area contributed by atoms with Crippen LogP contribution >= 0.6 is 22.6 Å². The number of carboxylic acids is 1. The first kappa shape index (κ1) is 14.4. The molecule has 0 radical (unpaired) electrons. The highest BCUT2D eigenvalue weighted by molar-refractivity contribution is 14.1. The van der Waals surface area contributed by atoms with E-state index in [4.69, 9.17) is 5.11 Å². The molecule has 0 aliphatic rings. The molecule has 0 bridgehead atoms. The second-order valence-electron chi connectivity index (χ2n) is 3.93. The highest BCUT2D eigenvalue weighted by atomic mass is 127. The minimum Gasteiger partial charge on any atom is -0.478 e. The maximum Gasteiger partial charge on any atom is 0.337 e. The molecule has 0 saturated carbocycles. The van der Waals surface area contributed by atoms with Crippen molar-refractivity contribution in [1.29, 1.82) is 0 Å². The lowest BCUT2D eigenvalue weighted by Crippen LogP contribution is -2.16. The summed E-state index contributed by atoms with van der Waals surface area (Å²) in [5.74, 6) is -2.65. The number of benzene rings is 2. The molecule has 6 heteroatoms. The van der Waals surface area contributed by atoms with Crippen LogP contribution in [0.2, 0.25) is 0 Å². The van der Waals surface area contributed by atoms with E-state index >= 15 is 0 Å². The minimum absolute atomic E-state index is 0.288. The maximum atomic E-state index is 13.7. The Kier molecular flexibility index (Phi) is 4.33. The zero-order chi connectivity index (χ0) is 14.7. The Morgan fingerprint density at radius 1 is 1.15 bits per heavy atom. The van der Waals surface area contributed by atoms with Gasteiger partial charge in [0.1, 0.15) is 5.82 Å². The van der Waals surface area contributed by atoms with Crippen LogP contribution in [-0.2, 0) is 0 Å². The number of aromatic carboxylic acids is 1. The molecule has 0 aliphatic carbocycles. The lowest BCUT2D eigenvalue weighted by molar-refractivity contribution is 0.0697. The van der Waals surface area contributed by atoms with E-state index in [9.17, 15) is 14.0 Å². The zero-order valence-electron chi connectivity index (χ0n) is 10.1. The summed E-state index contributed by atoms with van der Waals surface area (Å²) in [6, 6.07) is 10.3. The third-order valence-electron chi connectivity index (χ3n) is 2.57. The van der Waals surface area contributed by atoms with Crippen LogP contribution in [0.25, 0.3) is 0 Å². The van der Waals surface area contributed by atoms with Crippen molar-refractivity contribution in [3.05, 3.63) is 63.0 Å². The lowest BCUT2D eigenvalue weighted by Gasteiger charge is -2.09. The molecule has 0 saturated heterocycles. The van der Waals surface area contributed by atoms with Gasteiger partial charge in [-0.2, -0.15) is 0 Å². The van der Waals surface area contributed by atoms with Crippen molar-refractivity contribution < 1.29 is 19.1 Å². The molecule has 20 heavy (non-hydrogen) atoms. The number of rotatable bonds is 3. The molecule has 0 fully saturated rings. The van der Waals surface area contributed by atoms with Crippen molar-refractivity contribution in [3.8, 4) is 0 Å². The Hall–Kier alpha value is -1.96. The van der Waals surface area contributed by atoms with Crippen LogP contribution in [0.3, 0.4) is 0 Å². The molecule has 0 atom stereocenters. The van der Waals surface area contributed by atoms with Gasteiger partial charge in [0.05, 0.1) is 11.3 Å². The van der Waals surface area contributed by atoms with E-state index in [0.29, 0.717) is 5.56 Å². The highest BCUT2D eigenvalue weighted by Gasteiger charge is 2.17. The standard InChI is InChI=1S/C14H9FINO3/c15-11-6-2-5-10(14(19)20)12(11)17-13(18)8-3-1-4-9(16)7-8/h1-7H,(H,17,18)(H,19,20). The number of carbonyl (C=O) groups excluding carboxylic acids is 1. The van der Waals surface area contributed by atoms with Gasteiger partial charge in [0.2, 0.25) is 0 Å². The normalized spacial score (nSPS) is 10.1. The lowest BCUT2D eigenvalue weighted by atomic mass is 10.1. The van der Waals surface area contributed by atoms with Crippen molar-refractivity contribution in [2.75, 3.05) is 5.32 Å². The van der Waals surface area contributed by atoms with Gasteiger partial charge in [-0.1, -0.05) is 12.1 Å². The van der Waals surface area contributed by atoms with E-state index in [2.05, 4.69) is 5.32 Å². The van der Waals surface area contributed by atoms with Crippen molar-refractivity contribution in [1.82, 2.24) is 0 Å². The molecule has 0 unspecified atom stereocenters. The molecule has 2 aromatic carbocycles. The number of anilines is 1. The van der Waals surface area contributed by atoms with Crippen LogP contribution in [0, 0.1) is 9.39 Å². The number of hydrogen-bond donors (Lipinski definition) is 2. The molecule has 2 rings (SSSR count). The fourth-order valence-electron chi connectivity index (χ4n) is 1.64. The van der Waals surface area contributed by atoms with E-state index in [-0.39, 0.29) is 11.3 Å². The van der Waals surface area contributed by atoms with Gasteiger partial charge in [-0.05, 0) is 52.9 Å². The van der Waals surface area contributed by atoms with Crippen molar-refractivity contribution in [3.63, 3.8) is 0 Å². The molecular formula is C14H9FINO3. The summed E-state index contributed by atoms with van der Waals surface area (Å²) in [4.78, 5) is 23.0. The number of carbonyl (C=O) groups is 2. The van der Waals surface area contributed by atoms with Gasteiger partial charge in [-0.25, -0.2) is 9.18 Å². The quantitative estimate of drug-likeness (QED) is 0.797. The monoisotopic (exact) mass is 385 g/mol. The minimum atomic E-state index is -1.30. The van der Waals surface area contributed by atoms with Crippen LogP contribution in [0.15, 0.2) is 42.5 Å². The van der Waals surface area contributed by atoms with Crippen LogP contribution in [0.4, 0.5) is 10.1 Å². The number of hydrogen-bond acceptors (Lipinski definition) is 2. The van der Waals surface area contributed by atoms with Crippen LogP contribution in [0.5, 0.6) is 0 Å². The summed E-state index contributed by atoms with van der Waals surface area (Å²) in [7, 11) is 0. The van der Waals surface area contributed by atoms with E-state index in [1.807, 2.05) is 28.7 Å². The number of amides is 1. The van der Waals surface area contributed by atoms with Gasteiger partial charge in [-0.15, -0.1) is 0 Å². The zero-order valence-corrected chi connectivity index (χ0v) is 12.2. The van der Waals surface area contributed by atoms with Gasteiger partial charge in [0, 0.05) is 9.13 Å². The Balaban J connectivity index is 2.35. The van der Waals surface area contributed by atoms with Gasteiger partial charge in [-0.3, -0.25) is 4.79 Å². The molecular weight excluding hydrogens is 376 g/mol. The summed E-state index contributed by atoms with van der Waals surface area (Å²) in [6.45, 7) is 0. The number of para-hydroxylation sites is 1. The largest absolute Gasteiger partial charge is 0.478 e. The Labute approximate surface area is 127 Å². The third-order valence-corrected chi connectivity index (χ3v) is 3.24. The van der Waals surface area contributed by atoms with E-state index in [0.717, 1.165) is 9.64 Å². The summed E-state index contributed by atoms with van der Waals surface area (Å²) in [5.41, 5.74) is -0.288. The molecule has 0 aliphatic heterocycles. The molecule has 0 spiro atoms. The van der Waals surface area contributed by atoms with Crippen molar-refractivity contribution >= 4 is 40.2 Å². The molecule has 0 heterocycles. The fraction of sp³-hybridized carbons (Fsp3) is 0. The van der Waals surface area contributed by atoms with Gasteiger partial charge < -0.3 is 10.4 Å². The first-order valence-electron chi connectivity index (χ1n) is 5.58. The Morgan fingerprint density at radius 2 is 1.85 bits per heavy atom. The smallest absolute Gasteiger partial charge is 0.337 e. The maximum absolute atomic E-state index is 13.7. The number of halogens is 2. The summed E-state index contributed by atoms with van der Waals surface area (Å²) in [6.07, 6.45) is 0. The summed E-state index contributed by atoms with van der Waals surface area (Å²) in [5, 5.41) is 11.3. The van der Waals surface area contributed by atoms with Gasteiger partial charge >= 0.3 is 5.97 Å². The Bertz CT molecular complexity index is 688. The van der Waals surface area contributed by atoms with E-state index in [1.54, 1.807) is 18.2 Å². The van der Waals surface area contributed by atoms with E-state index in [1.165, 1.54) is 12.1 Å². The predicted octanol–water partition coefficient (Wildman–Crippen LogP) is 3.38. The van der Waals surface area contributed by atoms with Crippen molar-refractivity contribution in [2.24, 2.45) is 0 Å². The summed E-state index contributed by atoms with van der Waals surface area (Å²) < 4.78 is 14.5. The van der Waals surface area contributed by atoms with Crippen LogP contribution < -0.4 is 5.32 Å². The molecule has 4 nitrogen and oxygen atoms in total. The van der Waals surface area contributed by atoms with Gasteiger partial charge in [0.15, 0.2) is 0 Å². The van der Waals surface area contributed by atoms with E-state index < -0.39 is 17.7 Å². The number of nitrogens with one attached hydrogen (secondary N) is 1. The molecule has 102 valence electrons. The highest BCUT2D eigenvalue weighted by Crippen LogP contribution is 2.21. The molecule has 2 aromatic rings. The second-order valence-corrected chi connectivity index (χ2v) is 5.18. The average Bonchev–Trinajstić information content (AvgIpc) is 2.40. The summed E-state index contributed by atoms with van der Waals surface area (Å²) >= 11 is 2.05. The topological polar surface area (TPSA) is 66.4 Å². The second kappa shape index (κ2) is 6.00. The van der Waals surface area contributed by atoms with Crippen LogP contribution in [0.1, 0.15) is 20.7 Å². The van der Waals surface area contributed by atoms with Crippen molar-refractivity contribution in [2.45, 2.75) is 0 Å². The third kappa shape index (κ3) is 3.13. The first-order chi connectivity index (χ1) is 9.49. The Morgan fingerprint density at radius 3 is 2.50 bits per heavy atom. The predicted molar refractivity (Wildman–Crippen MR) is 80.5 cm³/mol. The molecule has 2 N–H and O–H groups in total. The molecule has 1 amide bonds.